The van der Waals surface area contributed by atoms with E-state index in [0.717, 1.165) is 32.1 Å². The Kier molecular flexibility index (Phi) is 7.75. The van der Waals surface area contributed by atoms with Gasteiger partial charge < -0.3 is 10.6 Å². The van der Waals surface area contributed by atoms with E-state index in [1.807, 2.05) is 23.1 Å². The summed E-state index contributed by atoms with van der Waals surface area (Å²) < 4.78 is 1.98. The number of guanidine groups is 1. The van der Waals surface area contributed by atoms with Crippen LogP contribution in [0.3, 0.4) is 0 Å². The molecule has 1 atom stereocenters. The van der Waals surface area contributed by atoms with Crippen LogP contribution in [-0.2, 0) is 6.54 Å². The molecule has 1 aromatic rings. The number of hydrogen-bond donors (Lipinski definition) is 2. The molecule has 1 fully saturated rings. The quantitative estimate of drug-likeness (QED) is 0.559. The van der Waals surface area contributed by atoms with E-state index in [2.05, 4.69) is 48.3 Å². The third kappa shape index (κ3) is 6.69. The molecule has 6 nitrogen and oxygen atoms in total. The molecule has 2 heterocycles. The first kappa shape index (κ1) is 19.8. The van der Waals surface area contributed by atoms with Gasteiger partial charge in [-0.05, 0) is 58.7 Å². The van der Waals surface area contributed by atoms with Gasteiger partial charge >= 0.3 is 0 Å². The van der Waals surface area contributed by atoms with Crippen molar-refractivity contribution < 1.29 is 0 Å². The largest absolute Gasteiger partial charge is 0.357 e. The summed E-state index contributed by atoms with van der Waals surface area (Å²) in [6, 6.07) is 1.97. The fourth-order valence-electron chi connectivity index (χ4n) is 3.28. The molecule has 0 aliphatic carbocycles. The molecule has 0 saturated carbocycles. The Hall–Kier alpha value is -1.56. The zero-order valence-corrected chi connectivity index (χ0v) is 16.5. The molecular formula is C19H36N6. The van der Waals surface area contributed by atoms with Crippen molar-refractivity contribution in [3.05, 3.63) is 18.5 Å². The van der Waals surface area contributed by atoms with Gasteiger partial charge in [-0.25, -0.2) is 0 Å². The fraction of sp³-hybridized carbons (Fsp3) is 0.789. The summed E-state index contributed by atoms with van der Waals surface area (Å²) in [6.07, 6.45) is 7.84. The number of nitrogens with one attached hydrogen (secondary N) is 2. The number of aromatic nitrogens is 2. The molecule has 1 aromatic heterocycles. The Morgan fingerprint density at radius 1 is 1.24 bits per heavy atom. The van der Waals surface area contributed by atoms with Gasteiger partial charge in [-0.1, -0.05) is 13.3 Å². The Labute approximate surface area is 153 Å². The van der Waals surface area contributed by atoms with Gasteiger partial charge in [0.05, 0.1) is 6.54 Å². The van der Waals surface area contributed by atoms with Crippen LogP contribution in [-0.4, -0.2) is 58.9 Å². The van der Waals surface area contributed by atoms with E-state index in [1.165, 1.54) is 32.4 Å². The molecule has 0 radical (unpaired) electrons. The maximum absolute atomic E-state index is 4.86. The summed E-state index contributed by atoms with van der Waals surface area (Å²) in [5.41, 5.74) is 0.115. The highest BCUT2D eigenvalue weighted by Gasteiger charge is 2.27. The van der Waals surface area contributed by atoms with Crippen LogP contribution in [0.25, 0.3) is 0 Å². The highest BCUT2D eigenvalue weighted by molar-refractivity contribution is 5.79. The van der Waals surface area contributed by atoms with Gasteiger partial charge in [0.25, 0.3) is 0 Å². The molecule has 0 spiro atoms. The molecule has 0 aromatic carbocycles. The first-order chi connectivity index (χ1) is 12.0. The summed E-state index contributed by atoms with van der Waals surface area (Å²) in [5, 5.41) is 11.1. The van der Waals surface area contributed by atoms with Crippen LogP contribution in [0.4, 0.5) is 0 Å². The highest BCUT2D eigenvalue weighted by atomic mass is 15.3. The van der Waals surface area contributed by atoms with Gasteiger partial charge in [-0.3, -0.25) is 14.6 Å². The normalized spacial score (nSPS) is 18.2. The average molecular weight is 349 g/mol. The standard InChI is InChI=1S/C19H36N6/c1-5-20-18(21-14-17(2)15-25-13-9-10-23-25)22-16-19(3,4)24-11-7-6-8-12-24/h9-10,13,17H,5-8,11-12,14-16H2,1-4H3,(H2,20,21,22). The van der Waals surface area contributed by atoms with E-state index in [1.54, 1.807) is 0 Å². The van der Waals surface area contributed by atoms with E-state index >= 15 is 0 Å². The van der Waals surface area contributed by atoms with Crippen LogP contribution in [0.1, 0.15) is 47.0 Å². The molecule has 1 aliphatic heterocycles. The minimum atomic E-state index is 0.115. The first-order valence-electron chi connectivity index (χ1n) is 9.76. The summed E-state index contributed by atoms with van der Waals surface area (Å²) in [5.74, 6) is 1.40. The molecule has 142 valence electrons. The first-order valence-corrected chi connectivity index (χ1v) is 9.76. The number of hydrogen-bond acceptors (Lipinski definition) is 3. The minimum absolute atomic E-state index is 0.115. The smallest absolute Gasteiger partial charge is 0.191 e. The molecule has 0 bridgehead atoms. The molecule has 0 amide bonds. The lowest BCUT2D eigenvalue weighted by Crippen LogP contribution is -2.49. The lowest BCUT2D eigenvalue weighted by molar-refractivity contribution is 0.102. The number of rotatable bonds is 8. The van der Waals surface area contributed by atoms with Crippen molar-refractivity contribution >= 4 is 5.96 Å². The molecule has 1 unspecified atom stereocenters. The van der Waals surface area contributed by atoms with E-state index < -0.39 is 0 Å². The third-order valence-electron chi connectivity index (χ3n) is 4.86. The van der Waals surface area contributed by atoms with E-state index in [9.17, 15) is 0 Å². The van der Waals surface area contributed by atoms with Crippen LogP contribution < -0.4 is 10.6 Å². The zero-order valence-electron chi connectivity index (χ0n) is 16.5. The molecule has 1 saturated heterocycles. The number of nitrogens with zero attached hydrogens (tertiary/aromatic N) is 4. The Bertz CT molecular complexity index is 502. The van der Waals surface area contributed by atoms with Crippen LogP contribution in [0.5, 0.6) is 0 Å². The Balaban J connectivity index is 1.84. The lowest BCUT2D eigenvalue weighted by atomic mass is 9.99. The lowest BCUT2D eigenvalue weighted by Gasteiger charge is -2.40. The number of piperidine rings is 1. The van der Waals surface area contributed by atoms with Gasteiger partial charge in [-0.15, -0.1) is 0 Å². The second-order valence-corrected chi connectivity index (χ2v) is 7.77. The topological polar surface area (TPSA) is 57.5 Å². The van der Waals surface area contributed by atoms with Gasteiger partial charge in [0.15, 0.2) is 5.96 Å². The molecular weight excluding hydrogens is 312 g/mol. The summed E-state index contributed by atoms with van der Waals surface area (Å²) in [7, 11) is 0. The van der Waals surface area contributed by atoms with Crippen molar-refractivity contribution in [2.45, 2.75) is 59.0 Å². The van der Waals surface area contributed by atoms with Crippen LogP contribution in [0.2, 0.25) is 0 Å². The van der Waals surface area contributed by atoms with Gasteiger partial charge in [0.1, 0.15) is 0 Å². The van der Waals surface area contributed by atoms with Crippen molar-refractivity contribution in [1.82, 2.24) is 25.3 Å². The van der Waals surface area contributed by atoms with Gasteiger partial charge in [0, 0.05) is 37.6 Å². The van der Waals surface area contributed by atoms with E-state index in [0.29, 0.717) is 5.92 Å². The maximum Gasteiger partial charge on any atom is 0.191 e. The zero-order chi connectivity index (χ0) is 18.1. The van der Waals surface area contributed by atoms with Gasteiger partial charge in [-0.2, -0.15) is 5.10 Å². The summed E-state index contributed by atoms with van der Waals surface area (Å²) in [6.45, 7) is 14.9. The van der Waals surface area contributed by atoms with E-state index in [-0.39, 0.29) is 5.54 Å². The average Bonchev–Trinajstić information content (AvgIpc) is 3.11. The van der Waals surface area contributed by atoms with Crippen molar-refractivity contribution in [3.63, 3.8) is 0 Å². The number of likely N-dealkylation sites (tertiary alicyclic amines) is 1. The second kappa shape index (κ2) is 9.80. The highest BCUT2D eigenvalue weighted by Crippen LogP contribution is 2.20. The van der Waals surface area contributed by atoms with Crippen molar-refractivity contribution in [2.75, 3.05) is 32.7 Å². The molecule has 2 rings (SSSR count). The summed E-state index contributed by atoms with van der Waals surface area (Å²) >= 11 is 0. The van der Waals surface area contributed by atoms with Crippen LogP contribution in [0, 0.1) is 5.92 Å². The SMILES string of the molecule is CCNC(=NCC(C)(C)N1CCCCC1)NCC(C)Cn1cccn1. The molecule has 6 heteroatoms. The van der Waals surface area contributed by atoms with Crippen molar-refractivity contribution in [3.8, 4) is 0 Å². The van der Waals surface area contributed by atoms with Crippen LogP contribution in [0.15, 0.2) is 23.5 Å². The Morgan fingerprint density at radius 3 is 2.64 bits per heavy atom. The predicted octanol–water partition coefficient (Wildman–Crippen LogP) is 2.34. The molecule has 2 N–H and O–H groups in total. The minimum Gasteiger partial charge on any atom is -0.357 e. The molecule has 1 aliphatic rings. The Morgan fingerprint density at radius 2 is 2.00 bits per heavy atom. The van der Waals surface area contributed by atoms with Crippen LogP contribution >= 0.6 is 0 Å². The monoisotopic (exact) mass is 348 g/mol. The summed E-state index contributed by atoms with van der Waals surface area (Å²) in [4.78, 5) is 7.45. The fourth-order valence-corrected chi connectivity index (χ4v) is 3.28. The molecule has 25 heavy (non-hydrogen) atoms. The van der Waals surface area contributed by atoms with Crippen molar-refractivity contribution in [2.24, 2.45) is 10.9 Å². The predicted molar refractivity (Wildman–Crippen MR) is 105 cm³/mol. The van der Waals surface area contributed by atoms with Gasteiger partial charge in [0.2, 0.25) is 0 Å². The number of aliphatic imine (C=N–C) groups is 1. The van der Waals surface area contributed by atoms with E-state index in [4.69, 9.17) is 4.99 Å². The second-order valence-electron chi connectivity index (χ2n) is 7.77. The van der Waals surface area contributed by atoms with Crippen molar-refractivity contribution in [1.29, 1.82) is 0 Å². The maximum atomic E-state index is 4.86. The third-order valence-corrected chi connectivity index (χ3v) is 4.86.